The van der Waals surface area contributed by atoms with Gasteiger partial charge >= 0.3 is 0 Å². The second-order valence-electron chi connectivity index (χ2n) is 13.8. The van der Waals surface area contributed by atoms with E-state index >= 15 is 0 Å². The Morgan fingerprint density at radius 3 is 2.56 bits per heavy atom. The molecule has 0 aromatic heterocycles. The lowest BCUT2D eigenvalue weighted by Crippen LogP contribution is -2.53. The molecule has 2 bridgehead atoms. The molecular formula is C37H49ClFNO3. The molecule has 0 radical (unpaired) electrons. The summed E-state index contributed by atoms with van der Waals surface area (Å²) >= 11 is 6.35. The molecule has 6 heteroatoms. The molecule has 2 aromatic carbocycles. The Morgan fingerprint density at radius 1 is 1.07 bits per heavy atom. The van der Waals surface area contributed by atoms with Gasteiger partial charge < -0.3 is 15.1 Å². The van der Waals surface area contributed by atoms with Crippen molar-refractivity contribution in [3.05, 3.63) is 81.1 Å². The summed E-state index contributed by atoms with van der Waals surface area (Å²) in [5.74, 6) is -0.688. The summed E-state index contributed by atoms with van der Waals surface area (Å²) in [6, 6.07) is 10.5. The van der Waals surface area contributed by atoms with E-state index in [0.717, 1.165) is 49.9 Å². The van der Waals surface area contributed by atoms with Crippen LogP contribution in [0.1, 0.15) is 117 Å². The zero-order valence-electron chi connectivity index (χ0n) is 26.0. The fourth-order valence-corrected chi connectivity index (χ4v) is 8.27. The molecule has 1 saturated heterocycles. The minimum Gasteiger partial charge on any atom is -0.393 e. The van der Waals surface area contributed by atoms with Crippen molar-refractivity contribution in [3.8, 4) is 0 Å². The van der Waals surface area contributed by atoms with E-state index in [9.17, 15) is 19.4 Å². The van der Waals surface area contributed by atoms with Crippen LogP contribution in [0.3, 0.4) is 0 Å². The number of likely N-dealkylation sites (tertiary alicyclic amines) is 1. The maximum absolute atomic E-state index is 14.8. The first-order chi connectivity index (χ1) is 20.6. The molecule has 3 aliphatic carbocycles. The van der Waals surface area contributed by atoms with Gasteiger partial charge in [-0.15, -0.1) is 0 Å². The first-order valence-electron chi connectivity index (χ1n) is 16.5. The lowest BCUT2D eigenvalue weighted by atomic mass is 9.64. The quantitative estimate of drug-likeness (QED) is 0.265. The predicted molar refractivity (Wildman–Crippen MR) is 172 cm³/mol. The number of halogens is 2. The van der Waals surface area contributed by atoms with E-state index in [1.54, 1.807) is 12.1 Å². The number of Topliss-reactive ketones (excluding diaryl/α,β-unsaturated/α-hetero) is 1. The summed E-state index contributed by atoms with van der Waals surface area (Å²) in [5, 5.41) is 23.7. The molecule has 4 aliphatic rings. The Balaban J connectivity index is 1.55. The molecule has 6 rings (SSSR count). The summed E-state index contributed by atoms with van der Waals surface area (Å²) in [7, 11) is 0. The Kier molecular flexibility index (Phi) is 10.5. The smallest absolute Gasteiger partial charge is 0.167 e. The largest absolute Gasteiger partial charge is 0.393 e. The van der Waals surface area contributed by atoms with Crippen LogP contribution in [0.15, 0.2) is 48.0 Å². The minimum absolute atomic E-state index is 0.0297. The van der Waals surface area contributed by atoms with Gasteiger partial charge in [0, 0.05) is 34.5 Å². The molecule has 234 valence electrons. The topological polar surface area (TPSA) is 60.8 Å². The summed E-state index contributed by atoms with van der Waals surface area (Å²) < 4.78 is 14.8. The number of β-amino-alcohol motifs (C(OH)–C–C–N with tert-alkyl or cyclic N) is 1. The highest BCUT2D eigenvalue weighted by Crippen LogP contribution is 2.59. The van der Waals surface area contributed by atoms with E-state index in [2.05, 4.69) is 30.9 Å². The van der Waals surface area contributed by atoms with Gasteiger partial charge in [-0.3, -0.25) is 4.79 Å². The normalized spacial score (nSPS) is 29.3. The second kappa shape index (κ2) is 13.9. The van der Waals surface area contributed by atoms with Crippen LogP contribution in [0.2, 0.25) is 5.02 Å². The zero-order chi connectivity index (χ0) is 30.6. The number of nitrogens with zero attached hydrogens (tertiary/aromatic N) is 1. The van der Waals surface area contributed by atoms with Crippen molar-refractivity contribution < 1.29 is 19.4 Å². The first kappa shape index (κ1) is 32.3. The van der Waals surface area contributed by atoms with E-state index in [0.29, 0.717) is 31.4 Å². The Morgan fingerprint density at radius 2 is 1.81 bits per heavy atom. The average Bonchev–Trinajstić information content (AvgIpc) is 3.20. The van der Waals surface area contributed by atoms with Crippen molar-refractivity contribution in [2.75, 3.05) is 19.6 Å². The van der Waals surface area contributed by atoms with Crippen LogP contribution in [0.25, 0.3) is 0 Å². The number of carbonyl (C=O) groups excluding carboxylic acids is 1. The van der Waals surface area contributed by atoms with E-state index in [1.165, 1.54) is 43.7 Å². The van der Waals surface area contributed by atoms with Crippen LogP contribution in [-0.4, -0.2) is 52.2 Å². The SMILES string of the molecule is CC1=CCCC2(C)C(CCC2(O)CN2CCCCCCC2)c2ccc(cc2C(=O)Cc2c(F)cccc2Cl)CC(O)CC1. The van der Waals surface area contributed by atoms with E-state index in [1.807, 2.05) is 12.1 Å². The summed E-state index contributed by atoms with van der Waals surface area (Å²) in [6.45, 7) is 7.07. The zero-order valence-corrected chi connectivity index (χ0v) is 26.8. The van der Waals surface area contributed by atoms with E-state index < -0.39 is 22.9 Å². The lowest BCUT2D eigenvalue weighted by molar-refractivity contribution is -0.0843. The fourth-order valence-electron chi connectivity index (χ4n) is 8.04. The molecule has 4 nitrogen and oxygen atoms in total. The standard InChI is InChI=1S/C37H49ClFNO3/c1-26-10-9-18-36(2)32(17-19-37(36,43)25-40-20-6-4-3-5-7-21-40)29-16-14-27(22-28(41)15-13-26)23-30(29)35(42)24-31-33(38)11-8-12-34(31)39/h8,10-12,14,16,23,28,32,41,43H,3-7,9,13,15,17-22,24-25H2,1-2H3. The third-order valence-electron chi connectivity index (χ3n) is 10.8. The van der Waals surface area contributed by atoms with Gasteiger partial charge in [-0.05, 0) is 113 Å². The average molecular weight is 610 g/mol. The third kappa shape index (κ3) is 7.27. The lowest BCUT2D eigenvalue weighted by Gasteiger charge is -2.46. The van der Waals surface area contributed by atoms with Crippen molar-refractivity contribution in [1.82, 2.24) is 4.90 Å². The van der Waals surface area contributed by atoms with Crippen molar-refractivity contribution in [2.24, 2.45) is 5.41 Å². The summed E-state index contributed by atoms with van der Waals surface area (Å²) in [6.07, 6.45) is 12.8. The highest BCUT2D eigenvalue weighted by Gasteiger charge is 2.57. The van der Waals surface area contributed by atoms with Crippen molar-refractivity contribution in [3.63, 3.8) is 0 Å². The van der Waals surface area contributed by atoms with Crippen molar-refractivity contribution in [1.29, 1.82) is 0 Å². The predicted octanol–water partition coefficient (Wildman–Crippen LogP) is 8.21. The van der Waals surface area contributed by atoms with Crippen LogP contribution in [0.4, 0.5) is 4.39 Å². The maximum Gasteiger partial charge on any atom is 0.167 e. The number of carbonyl (C=O) groups is 1. The molecule has 2 aromatic rings. The van der Waals surface area contributed by atoms with Gasteiger partial charge in [-0.1, -0.05) is 67.6 Å². The Labute approximate surface area is 262 Å². The van der Waals surface area contributed by atoms with Crippen LogP contribution in [-0.2, 0) is 12.8 Å². The summed E-state index contributed by atoms with van der Waals surface area (Å²) in [4.78, 5) is 16.5. The molecular weight excluding hydrogens is 561 g/mol. The number of benzene rings is 2. The van der Waals surface area contributed by atoms with Gasteiger partial charge in [-0.25, -0.2) is 4.39 Å². The van der Waals surface area contributed by atoms with E-state index in [-0.39, 0.29) is 28.7 Å². The Hall–Kier alpha value is -2.05. The first-order valence-corrected chi connectivity index (χ1v) is 16.8. The highest BCUT2D eigenvalue weighted by atomic mass is 35.5. The second-order valence-corrected chi connectivity index (χ2v) is 14.2. The van der Waals surface area contributed by atoms with Gasteiger partial charge in [0.15, 0.2) is 5.78 Å². The highest BCUT2D eigenvalue weighted by molar-refractivity contribution is 6.31. The molecule has 2 fully saturated rings. The number of rotatable bonds is 5. The van der Waals surface area contributed by atoms with Crippen LogP contribution < -0.4 is 0 Å². The molecule has 0 spiro atoms. The summed E-state index contributed by atoms with van der Waals surface area (Å²) in [5.41, 5.74) is 2.53. The van der Waals surface area contributed by atoms with Crippen LogP contribution in [0.5, 0.6) is 0 Å². The Bertz CT molecular complexity index is 1300. The molecule has 1 aliphatic heterocycles. The van der Waals surface area contributed by atoms with Gasteiger partial charge in [0.25, 0.3) is 0 Å². The number of allylic oxidation sites excluding steroid dienone is 2. The van der Waals surface area contributed by atoms with Gasteiger partial charge in [-0.2, -0.15) is 0 Å². The molecule has 2 N–H and O–H groups in total. The van der Waals surface area contributed by atoms with Crippen molar-refractivity contribution >= 4 is 17.4 Å². The van der Waals surface area contributed by atoms with Gasteiger partial charge in [0.05, 0.1) is 11.7 Å². The molecule has 43 heavy (non-hydrogen) atoms. The number of aliphatic hydroxyl groups excluding tert-OH is 1. The molecule has 1 saturated carbocycles. The van der Waals surface area contributed by atoms with Gasteiger partial charge in [0.2, 0.25) is 0 Å². The van der Waals surface area contributed by atoms with Crippen molar-refractivity contribution in [2.45, 2.75) is 115 Å². The number of aliphatic hydroxyl groups is 2. The number of hydrogen-bond acceptors (Lipinski definition) is 4. The molecule has 1 heterocycles. The maximum atomic E-state index is 14.8. The number of hydrogen-bond donors (Lipinski definition) is 2. The van der Waals surface area contributed by atoms with Crippen LogP contribution >= 0.6 is 11.6 Å². The van der Waals surface area contributed by atoms with E-state index in [4.69, 9.17) is 11.6 Å². The number of fused-ring (bicyclic) bond motifs is 8. The number of ketones is 1. The molecule has 4 unspecified atom stereocenters. The molecule has 4 atom stereocenters. The molecule has 0 amide bonds. The van der Waals surface area contributed by atoms with Gasteiger partial charge in [0.1, 0.15) is 5.82 Å². The third-order valence-corrected chi connectivity index (χ3v) is 11.2. The monoisotopic (exact) mass is 609 g/mol. The minimum atomic E-state index is -0.889. The fraction of sp³-hybridized carbons (Fsp3) is 0.595. The van der Waals surface area contributed by atoms with Crippen LogP contribution in [0, 0.1) is 11.2 Å².